The van der Waals surface area contributed by atoms with E-state index in [9.17, 15) is 9.59 Å². The van der Waals surface area contributed by atoms with E-state index in [4.69, 9.17) is 4.74 Å². The number of alkyl carbamates (subject to hydrolysis) is 1. The van der Waals surface area contributed by atoms with Crippen molar-refractivity contribution in [3.63, 3.8) is 0 Å². The summed E-state index contributed by atoms with van der Waals surface area (Å²) >= 11 is 0. The van der Waals surface area contributed by atoms with Gasteiger partial charge >= 0.3 is 6.09 Å². The Labute approximate surface area is 138 Å². The van der Waals surface area contributed by atoms with E-state index in [2.05, 4.69) is 10.6 Å². The molecule has 0 fully saturated rings. The van der Waals surface area contributed by atoms with Crippen LogP contribution in [0.4, 0.5) is 4.79 Å². The van der Waals surface area contributed by atoms with E-state index in [-0.39, 0.29) is 24.0 Å². The second kappa shape index (κ2) is 8.56. The van der Waals surface area contributed by atoms with Crippen LogP contribution in [0.3, 0.4) is 0 Å². The van der Waals surface area contributed by atoms with Crippen molar-refractivity contribution in [2.24, 2.45) is 5.92 Å². The molecule has 0 aliphatic rings. The number of amides is 2. The summed E-state index contributed by atoms with van der Waals surface area (Å²) in [4.78, 5) is 24.2. The average Bonchev–Trinajstić information content (AvgIpc) is 2.44. The first-order valence-corrected chi connectivity index (χ1v) is 8.04. The van der Waals surface area contributed by atoms with Gasteiger partial charge in [-0.3, -0.25) is 4.79 Å². The third-order valence-electron chi connectivity index (χ3n) is 3.50. The summed E-state index contributed by atoms with van der Waals surface area (Å²) in [6, 6.07) is 7.24. The molecule has 0 heterocycles. The molecule has 2 amide bonds. The lowest BCUT2D eigenvalue weighted by molar-refractivity contribution is -0.124. The van der Waals surface area contributed by atoms with Gasteiger partial charge in [0.15, 0.2) is 0 Å². The van der Waals surface area contributed by atoms with Gasteiger partial charge in [0.2, 0.25) is 5.91 Å². The number of ether oxygens (including phenoxy) is 1. The third kappa shape index (κ3) is 6.30. The van der Waals surface area contributed by atoms with Crippen molar-refractivity contribution in [1.29, 1.82) is 0 Å². The van der Waals surface area contributed by atoms with Crippen LogP contribution in [0.15, 0.2) is 24.3 Å². The molecule has 2 atom stereocenters. The lowest BCUT2D eigenvalue weighted by atomic mass is 10.0. The Morgan fingerprint density at radius 3 is 2.00 bits per heavy atom. The molecule has 0 bridgehead atoms. The highest BCUT2D eigenvalue weighted by molar-refractivity contribution is 5.86. The Morgan fingerprint density at radius 2 is 1.52 bits per heavy atom. The van der Waals surface area contributed by atoms with Gasteiger partial charge in [-0.1, -0.05) is 43.7 Å². The van der Waals surface area contributed by atoms with Gasteiger partial charge < -0.3 is 15.4 Å². The van der Waals surface area contributed by atoms with E-state index in [0.717, 1.165) is 5.56 Å². The van der Waals surface area contributed by atoms with Gasteiger partial charge in [-0.2, -0.15) is 0 Å². The molecule has 23 heavy (non-hydrogen) atoms. The van der Waals surface area contributed by atoms with E-state index in [1.807, 2.05) is 52.0 Å². The maximum atomic E-state index is 12.5. The maximum absolute atomic E-state index is 12.5. The summed E-state index contributed by atoms with van der Waals surface area (Å²) in [5.41, 5.74) is 2.20. The van der Waals surface area contributed by atoms with Gasteiger partial charge in [0.05, 0.1) is 12.1 Å². The van der Waals surface area contributed by atoms with Gasteiger partial charge in [0, 0.05) is 0 Å². The molecule has 1 aromatic carbocycles. The number of nitrogens with one attached hydrogen (secondary N) is 2. The Hall–Kier alpha value is -2.04. The minimum absolute atomic E-state index is 0.0417. The molecular weight excluding hydrogens is 292 g/mol. The number of hydrogen-bond acceptors (Lipinski definition) is 3. The first-order chi connectivity index (χ1) is 10.7. The fourth-order valence-corrected chi connectivity index (χ4v) is 2.15. The standard InChI is InChI=1S/C18H28N2O3/c1-11(2)16(20-18(22)23-12(3)4)17(21)19-14(6)15-9-7-13(5)8-10-15/h7-12,14,16H,1-6H3,(H,19,21)(H,20,22)/t14-,16?/m0/s1. The molecule has 0 saturated heterocycles. The van der Waals surface area contributed by atoms with Crippen molar-refractivity contribution in [1.82, 2.24) is 10.6 Å². The fraction of sp³-hybridized carbons (Fsp3) is 0.556. The van der Waals surface area contributed by atoms with Crippen LogP contribution >= 0.6 is 0 Å². The van der Waals surface area contributed by atoms with Crippen LogP contribution in [-0.2, 0) is 9.53 Å². The summed E-state index contributed by atoms with van der Waals surface area (Å²) < 4.78 is 5.05. The first kappa shape index (κ1) is 19.0. The Morgan fingerprint density at radius 1 is 0.957 bits per heavy atom. The molecule has 5 nitrogen and oxygen atoms in total. The Balaban J connectivity index is 2.70. The zero-order valence-electron chi connectivity index (χ0n) is 14.8. The highest BCUT2D eigenvalue weighted by Crippen LogP contribution is 2.14. The van der Waals surface area contributed by atoms with Crippen molar-refractivity contribution in [2.75, 3.05) is 0 Å². The van der Waals surface area contributed by atoms with E-state index in [0.29, 0.717) is 0 Å². The van der Waals surface area contributed by atoms with Crippen LogP contribution in [0.25, 0.3) is 0 Å². The number of carbonyl (C=O) groups is 2. The van der Waals surface area contributed by atoms with Gasteiger partial charge in [0.1, 0.15) is 6.04 Å². The average molecular weight is 320 g/mol. The zero-order chi connectivity index (χ0) is 17.6. The van der Waals surface area contributed by atoms with Gasteiger partial charge in [-0.05, 0) is 39.2 Å². The van der Waals surface area contributed by atoms with Crippen LogP contribution in [0.2, 0.25) is 0 Å². The van der Waals surface area contributed by atoms with Crippen molar-refractivity contribution >= 4 is 12.0 Å². The predicted molar refractivity (Wildman–Crippen MR) is 91.1 cm³/mol. The van der Waals surface area contributed by atoms with Crippen molar-refractivity contribution in [3.8, 4) is 0 Å². The Bertz CT molecular complexity index is 524. The largest absolute Gasteiger partial charge is 0.447 e. The van der Waals surface area contributed by atoms with E-state index in [1.54, 1.807) is 13.8 Å². The summed E-state index contributed by atoms with van der Waals surface area (Å²) in [5, 5.41) is 5.59. The SMILES string of the molecule is Cc1ccc([C@H](C)NC(=O)C(NC(=O)OC(C)C)C(C)C)cc1. The molecule has 1 aromatic rings. The molecule has 0 aliphatic carbocycles. The second-order valence-electron chi connectivity index (χ2n) is 6.46. The number of benzene rings is 1. The van der Waals surface area contributed by atoms with Crippen molar-refractivity contribution < 1.29 is 14.3 Å². The van der Waals surface area contributed by atoms with Crippen LogP contribution < -0.4 is 10.6 Å². The summed E-state index contributed by atoms with van der Waals surface area (Å²) in [7, 11) is 0. The molecule has 0 radical (unpaired) electrons. The highest BCUT2D eigenvalue weighted by Gasteiger charge is 2.26. The second-order valence-corrected chi connectivity index (χ2v) is 6.46. The summed E-state index contributed by atoms with van der Waals surface area (Å²) in [5.74, 6) is -0.256. The minimum Gasteiger partial charge on any atom is -0.447 e. The molecule has 0 saturated carbocycles. The molecule has 5 heteroatoms. The van der Waals surface area contributed by atoms with Gasteiger partial charge in [-0.25, -0.2) is 4.79 Å². The predicted octanol–water partition coefficient (Wildman–Crippen LogP) is 3.33. The molecular formula is C18H28N2O3. The lowest BCUT2D eigenvalue weighted by Crippen LogP contribution is -2.50. The quantitative estimate of drug-likeness (QED) is 0.845. The maximum Gasteiger partial charge on any atom is 0.408 e. The van der Waals surface area contributed by atoms with E-state index in [1.165, 1.54) is 5.56 Å². The van der Waals surface area contributed by atoms with E-state index < -0.39 is 12.1 Å². The monoisotopic (exact) mass is 320 g/mol. The molecule has 1 unspecified atom stereocenters. The number of rotatable bonds is 6. The highest BCUT2D eigenvalue weighted by atomic mass is 16.6. The van der Waals surface area contributed by atoms with Gasteiger partial charge in [0.25, 0.3) is 0 Å². The molecule has 0 aliphatic heterocycles. The number of carbonyl (C=O) groups excluding carboxylic acids is 2. The zero-order valence-corrected chi connectivity index (χ0v) is 14.8. The summed E-state index contributed by atoms with van der Waals surface area (Å²) in [6.07, 6.45) is -0.797. The molecule has 0 spiro atoms. The van der Waals surface area contributed by atoms with Crippen LogP contribution in [-0.4, -0.2) is 24.1 Å². The molecule has 2 N–H and O–H groups in total. The van der Waals surface area contributed by atoms with Crippen molar-refractivity contribution in [3.05, 3.63) is 35.4 Å². The number of hydrogen-bond donors (Lipinski definition) is 2. The molecule has 0 aromatic heterocycles. The van der Waals surface area contributed by atoms with E-state index >= 15 is 0 Å². The summed E-state index contributed by atoms with van der Waals surface area (Å²) in [6.45, 7) is 11.2. The normalized spacial score (nSPS) is 13.6. The van der Waals surface area contributed by atoms with Crippen LogP contribution in [0, 0.1) is 12.8 Å². The lowest BCUT2D eigenvalue weighted by Gasteiger charge is -2.24. The first-order valence-electron chi connectivity index (χ1n) is 8.04. The van der Waals surface area contributed by atoms with Gasteiger partial charge in [-0.15, -0.1) is 0 Å². The fourth-order valence-electron chi connectivity index (χ4n) is 2.15. The van der Waals surface area contributed by atoms with Crippen LogP contribution in [0.1, 0.15) is 51.8 Å². The smallest absolute Gasteiger partial charge is 0.408 e. The third-order valence-corrected chi connectivity index (χ3v) is 3.50. The minimum atomic E-state index is -0.630. The molecule has 1 rings (SSSR count). The molecule has 128 valence electrons. The Kier molecular flexibility index (Phi) is 7.07. The number of aryl methyl sites for hydroxylation is 1. The van der Waals surface area contributed by atoms with Crippen molar-refractivity contribution in [2.45, 2.75) is 59.7 Å². The topological polar surface area (TPSA) is 67.4 Å². The van der Waals surface area contributed by atoms with Crippen LogP contribution in [0.5, 0.6) is 0 Å².